The zero-order valence-corrected chi connectivity index (χ0v) is 14.9. The van der Waals surface area contributed by atoms with Crippen molar-refractivity contribution in [3.63, 3.8) is 0 Å². The molecule has 0 aliphatic heterocycles. The van der Waals surface area contributed by atoms with Crippen LogP contribution < -0.4 is 5.32 Å². The van der Waals surface area contributed by atoms with E-state index in [2.05, 4.69) is 10.4 Å². The predicted molar refractivity (Wildman–Crippen MR) is 93.0 cm³/mol. The molecule has 5 nitrogen and oxygen atoms in total. The predicted octanol–water partition coefficient (Wildman–Crippen LogP) is 3.67. The minimum atomic E-state index is -0.154. The van der Waals surface area contributed by atoms with Crippen LogP contribution in [0.4, 0.5) is 4.79 Å². The lowest BCUT2D eigenvalue weighted by atomic mass is 10.1. The summed E-state index contributed by atoms with van der Waals surface area (Å²) >= 11 is 12.1. The molecule has 0 aliphatic rings. The second-order valence-corrected chi connectivity index (χ2v) is 6.30. The molecule has 0 unspecified atom stereocenters. The Morgan fingerprint density at radius 1 is 1.43 bits per heavy atom. The molecular weight excluding hydrogens is 335 g/mol. The van der Waals surface area contributed by atoms with Gasteiger partial charge in [0.05, 0.1) is 12.2 Å². The van der Waals surface area contributed by atoms with Crippen molar-refractivity contribution in [2.45, 2.75) is 19.4 Å². The van der Waals surface area contributed by atoms with Crippen LogP contribution in [0.15, 0.2) is 30.6 Å². The Morgan fingerprint density at radius 3 is 2.78 bits per heavy atom. The third kappa shape index (κ3) is 4.62. The molecule has 1 heterocycles. The first-order valence-corrected chi connectivity index (χ1v) is 8.07. The Bertz CT molecular complexity index is 686. The molecule has 1 aromatic heterocycles. The molecule has 0 aliphatic carbocycles. The number of carbonyl (C=O) groups excluding carboxylic acids is 1. The van der Waals surface area contributed by atoms with E-state index >= 15 is 0 Å². The van der Waals surface area contributed by atoms with Crippen LogP contribution in [0.2, 0.25) is 10.0 Å². The molecule has 0 spiro atoms. The molecule has 1 aromatic carbocycles. The molecule has 1 atom stereocenters. The van der Waals surface area contributed by atoms with E-state index in [1.54, 1.807) is 35.0 Å². The summed E-state index contributed by atoms with van der Waals surface area (Å²) in [6, 6.07) is 5.00. The number of halogens is 2. The molecule has 0 bridgehead atoms. The first-order chi connectivity index (χ1) is 10.9. The number of rotatable bonds is 5. The second kappa shape index (κ2) is 7.70. The summed E-state index contributed by atoms with van der Waals surface area (Å²) in [5.74, 6) is 0. The summed E-state index contributed by atoms with van der Waals surface area (Å²) in [6.45, 7) is 2.48. The Morgan fingerprint density at radius 2 is 2.17 bits per heavy atom. The third-order valence-corrected chi connectivity index (χ3v) is 4.32. The normalized spacial score (nSPS) is 12.0. The van der Waals surface area contributed by atoms with Gasteiger partial charge in [-0.25, -0.2) is 4.79 Å². The standard InChI is InChI=1S/C16H20Cl2N4O/c1-11(14-5-4-13(17)8-15(14)18)22(3)16(23)19-7-6-12-9-20-21(2)10-12/h4-5,8-11H,6-7H2,1-3H3,(H,19,23)/t11-/m0/s1. The van der Waals surface area contributed by atoms with Gasteiger partial charge in [0.2, 0.25) is 0 Å². The van der Waals surface area contributed by atoms with Crippen molar-refractivity contribution < 1.29 is 4.79 Å². The highest BCUT2D eigenvalue weighted by atomic mass is 35.5. The number of aryl methyl sites for hydroxylation is 1. The molecule has 124 valence electrons. The molecular formula is C16H20Cl2N4O. The number of benzene rings is 1. The summed E-state index contributed by atoms with van der Waals surface area (Å²) in [5, 5.41) is 8.14. The molecule has 7 heteroatoms. The van der Waals surface area contributed by atoms with Gasteiger partial charge < -0.3 is 10.2 Å². The molecule has 1 N–H and O–H groups in total. The molecule has 0 fully saturated rings. The first kappa shape index (κ1) is 17.6. The average Bonchev–Trinajstić information content (AvgIpc) is 2.91. The van der Waals surface area contributed by atoms with E-state index in [4.69, 9.17) is 23.2 Å². The van der Waals surface area contributed by atoms with Crippen molar-refractivity contribution in [1.82, 2.24) is 20.0 Å². The number of nitrogens with one attached hydrogen (secondary N) is 1. The maximum Gasteiger partial charge on any atom is 0.317 e. The van der Waals surface area contributed by atoms with Crippen molar-refractivity contribution in [3.05, 3.63) is 51.8 Å². The van der Waals surface area contributed by atoms with Crippen LogP contribution in [-0.2, 0) is 13.5 Å². The minimum absolute atomic E-state index is 0.146. The topological polar surface area (TPSA) is 50.2 Å². The van der Waals surface area contributed by atoms with Gasteiger partial charge in [-0.1, -0.05) is 29.3 Å². The second-order valence-electron chi connectivity index (χ2n) is 5.46. The fourth-order valence-corrected chi connectivity index (χ4v) is 2.83. The van der Waals surface area contributed by atoms with Crippen molar-refractivity contribution in [2.24, 2.45) is 7.05 Å². The Hall–Kier alpha value is -1.72. The maximum absolute atomic E-state index is 12.3. The average molecular weight is 355 g/mol. The van der Waals surface area contributed by atoms with E-state index in [-0.39, 0.29) is 12.1 Å². The highest BCUT2D eigenvalue weighted by Gasteiger charge is 2.19. The molecule has 0 radical (unpaired) electrons. The van der Waals surface area contributed by atoms with E-state index in [1.807, 2.05) is 26.2 Å². The summed E-state index contributed by atoms with van der Waals surface area (Å²) in [6.07, 6.45) is 4.47. The van der Waals surface area contributed by atoms with Crippen molar-refractivity contribution in [2.75, 3.05) is 13.6 Å². The molecule has 2 aromatic rings. The number of amides is 2. The lowest BCUT2D eigenvalue weighted by molar-refractivity contribution is 0.194. The zero-order valence-electron chi connectivity index (χ0n) is 13.4. The Balaban J connectivity index is 1.90. The quantitative estimate of drug-likeness (QED) is 0.890. The molecule has 0 saturated carbocycles. The van der Waals surface area contributed by atoms with Gasteiger partial charge in [-0.05, 0) is 36.6 Å². The van der Waals surface area contributed by atoms with Crippen LogP contribution in [0.1, 0.15) is 24.1 Å². The number of hydrogen-bond donors (Lipinski definition) is 1. The SMILES string of the molecule is C[C@@H](c1ccc(Cl)cc1Cl)N(C)C(=O)NCCc1cnn(C)c1. The summed E-state index contributed by atoms with van der Waals surface area (Å²) in [7, 11) is 3.61. The summed E-state index contributed by atoms with van der Waals surface area (Å²) < 4.78 is 1.74. The van der Waals surface area contributed by atoms with E-state index in [1.165, 1.54) is 0 Å². The van der Waals surface area contributed by atoms with Crippen molar-refractivity contribution in [3.8, 4) is 0 Å². The Labute approximate surface area is 146 Å². The first-order valence-electron chi connectivity index (χ1n) is 7.31. The number of carbonyl (C=O) groups is 1. The number of nitrogens with zero attached hydrogens (tertiary/aromatic N) is 3. The van der Waals surface area contributed by atoms with Crippen molar-refractivity contribution >= 4 is 29.2 Å². The van der Waals surface area contributed by atoms with Crippen LogP contribution in [0, 0.1) is 0 Å². The Kier molecular flexibility index (Phi) is 5.91. The van der Waals surface area contributed by atoms with Crippen LogP contribution in [0.25, 0.3) is 0 Å². The highest BCUT2D eigenvalue weighted by Crippen LogP contribution is 2.28. The lowest BCUT2D eigenvalue weighted by Gasteiger charge is -2.26. The van der Waals surface area contributed by atoms with E-state index in [0.717, 1.165) is 17.5 Å². The third-order valence-electron chi connectivity index (χ3n) is 3.76. The number of aromatic nitrogens is 2. The molecule has 2 rings (SSSR count). The van der Waals surface area contributed by atoms with Crippen LogP contribution >= 0.6 is 23.2 Å². The van der Waals surface area contributed by atoms with Crippen molar-refractivity contribution in [1.29, 1.82) is 0 Å². The van der Waals surface area contributed by atoms with Gasteiger partial charge in [-0.15, -0.1) is 0 Å². The minimum Gasteiger partial charge on any atom is -0.338 e. The van der Waals surface area contributed by atoms with Gasteiger partial charge in [0.15, 0.2) is 0 Å². The fraction of sp³-hybridized carbons (Fsp3) is 0.375. The van der Waals surface area contributed by atoms with Gasteiger partial charge in [0.1, 0.15) is 0 Å². The van der Waals surface area contributed by atoms with Gasteiger partial charge in [-0.2, -0.15) is 5.10 Å². The van der Waals surface area contributed by atoms with E-state index in [0.29, 0.717) is 16.6 Å². The maximum atomic E-state index is 12.3. The lowest BCUT2D eigenvalue weighted by Crippen LogP contribution is -2.39. The van der Waals surface area contributed by atoms with Gasteiger partial charge >= 0.3 is 6.03 Å². The monoisotopic (exact) mass is 354 g/mol. The van der Waals surface area contributed by atoms with Crippen LogP contribution in [0.5, 0.6) is 0 Å². The summed E-state index contributed by atoms with van der Waals surface area (Å²) in [5.41, 5.74) is 1.95. The zero-order chi connectivity index (χ0) is 17.0. The number of hydrogen-bond acceptors (Lipinski definition) is 2. The molecule has 2 amide bonds. The van der Waals surface area contributed by atoms with Gasteiger partial charge in [0, 0.05) is 36.9 Å². The summed E-state index contributed by atoms with van der Waals surface area (Å²) in [4.78, 5) is 13.9. The van der Waals surface area contributed by atoms with Gasteiger partial charge in [0.25, 0.3) is 0 Å². The van der Waals surface area contributed by atoms with Gasteiger partial charge in [-0.3, -0.25) is 4.68 Å². The van der Waals surface area contributed by atoms with E-state index in [9.17, 15) is 4.79 Å². The van der Waals surface area contributed by atoms with Crippen LogP contribution in [-0.4, -0.2) is 34.3 Å². The molecule has 23 heavy (non-hydrogen) atoms. The number of urea groups is 1. The molecule has 0 saturated heterocycles. The van der Waals surface area contributed by atoms with E-state index < -0.39 is 0 Å². The largest absolute Gasteiger partial charge is 0.338 e. The van der Waals surface area contributed by atoms with Crippen LogP contribution in [0.3, 0.4) is 0 Å². The smallest absolute Gasteiger partial charge is 0.317 e. The fourth-order valence-electron chi connectivity index (χ4n) is 2.26. The highest BCUT2D eigenvalue weighted by molar-refractivity contribution is 6.35.